The first kappa shape index (κ1) is 12.9. The number of hydrogen-bond acceptors (Lipinski definition) is 3. The van der Waals surface area contributed by atoms with Crippen LogP contribution in [0.15, 0.2) is 22.6 Å². The van der Waals surface area contributed by atoms with Gasteiger partial charge < -0.3 is 14.8 Å². The molecule has 18 heavy (non-hydrogen) atoms. The van der Waals surface area contributed by atoms with Crippen LogP contribution in [0, 0.1) is 6.92 Å². The molecular weight excluding hydrogens is 254 g/mol. The number of amides is 1. The highest BCUT2D eigenvalue weighted by Gasteiger charge is 2.17. The van der Waals surface area contributed by atoms with E-state index in [1.54, 1.807) is 32.0 Å². The fourth-order valence-electron chi connectivity index (χ4n) is 1.73. The maximum Gasteiger partial charge on any atom is 0.287 e. The number of halogens is 1. The second-order valence-corrected chi connectivity index (χ2v) is 4.69. The molecule has 4 nitrogen and oxygen atoms in total. The molecule has 1 amide bonds. The molecule has 2 N–H and O–H groups in total. The minimum absolute atomic E-state index is 0.191. The van der Waals surface area contributed by atoms with Crippen molar-refractivity contribution in [2.75, 3.05) is 6.54 Å². The van der Waals surface area contributed by atoms with Crippen LogP contribution < -0.4 is 5.32 Å². The Hall–Kier alpha value is -1.52. The maximum absolute atomic E-state index is 11.9. The predicted octanol–water partition coefficient (Wildman–Crippen LogP) is 2.51. The molecule has 2 rings (SSSR count). The van der Waals surface area contributed by atoms with E-state index in [0.29, 0.717) is 10.6 Å². The van der Waals surface area contributed by atoms with Gasteiger partial charge in [-0.05, 0) is 32.0 Å². The number of nitrogens with one attached hydrogen (secondary N) is 1. The highest BCUT2D eigenvalue weighted by atomic mass is 35.5. The first-order valence-electron chi connectivity index (χ1n) is 5.64. The van der Waals surface area contributed by atoms with Crippen molar-refractivity contribution in [2.24, 2.45) is 0 Å². The average Bonchev–Trinajstić information content (AvgIpc) is 2.64. The van der Waals surface area contributed by atoms with Crippen molar-refractivity contribution in [3.05, 3.63) is 34.5 Å². The van der Waals surface area contributed by atoms with E-state index in [2.05, 4.69) is 5.32 Å². The topological polar surface area (TPSA) is 62.5 Å². The van der Waals surface area contributed by atoms with E-state index in [1.807, 2.05) is 0 Å². The zero-order chi connectivity index (χ0) is 13.3. The molecule has 0 radical (unpaired) electrons. The Bertz CT molecular complexity index is 589. The summed E-state index contributed by atoms with van der Waals surface area (Å²) in [5.74, 6) is -0.0753. The molecule has 0 aliphatic rings. The molecule has 1 unspecified atom stereocenters. The molecule has 0 fully saturated rings. The van der Waals surface area contributed by atoms with Gasteiger partial charge >= 0.3 is 0 Å². The third-order valence-corrected chi connectivity index (χ3v) is 2.90. The maximum atomic E-state index is 11.9. The van der Waals surface area contributed by atoms with Crippen LogP contribution >= 0.6 is 11.6 Å². The molecule has 0 aliphatic carbocycles. The fraction of sp³-hybridized carbons (Fsp3) is 0.308. The Labute approximate surface area is 110 Å². The normalized spacial score (nSPS) is 12.7. The zero-order valence-corrected chi connectivity index (χ0v) is 10.9. The number of furan rings is 1. The molecule has 5 heteroatoms. The average molecular weight is 268 g/mol. The van der Waals surface area contributed by atoms with Crippen LogP contribution in [0.1, 0.15) is 23.0 Å². The number of benzene rings is 1. The SMILES string of the molecule is Cc1c(C(=O)NCC(C)O)oc2ccc(Cl)cc12. The monoisotopic (exact) mass is 267 g/mol. The third-order valence-electron chi connectivity index (χ3n) is 2.66. The van der Waals surface area contributed by atoms with E-state index in [9.17, 15) is 4.79 Å². The quantitative estimate of drug-likeness (QED) is 0.898. The van der Waals surface area contributed by atoms with Crippen molar-refractivity contribution in [1.29, 1.82) is 0 Å². The van der Waals surface area contributed by atoms with Crippen LogP contribution in [-0.2, 0) is 0 Å². The fourth-order valence-corrected chi connectivity index (χ4v) is 1.90. The molecule has 0 aliphatic heterocycles. The Balaban J connectivity index is 2.34. The molecule has 0 saturated carbocycles. The standard InChI is InChI=1S/C13H14ClNO3/c1-7(16)6-15-13(17)12-8(2)10-5-9(14)3-4-11(10)18-12/h3-5,7,16H,6H2,1-2H3,(H,15,17). The van der Waals surface area contributed by atoms with E-state index in [-0.39, 0.29) is 18.2 Å². The van der Waals surface area contributed by atoms with Gasteiger partial charge in [0, 0.05) is 22.5 Å². The molecule has 0 bridgehead atoms. The van der Waals surface area contributed by atoms with Gasteiger partial charge in [0.05, 0.1) is 6.10 Å². The van der Waals surface area contributed by atoms with E-state index in [4.69, 9.17) is 21.1 Å². The lowest BCUT2D eigenvalue weighted by molar-refractivity contribution is 0.0898. The molecule has 1 aromatic carbocycles. The number of hydrogen-bond donors (Lipinski definition) is 2. The smallest absolute Gasteiger partial charge is 0.287 e. The number of aliphatic hydroxyl groups is 1. The Kier molecular flexibility index (Phi) is 3.59. The minimum Gasteiger partial charge on any atom is -0.451 e. The van der Waals surface area contributed by atoms with Crippen molar-refractivity contribution in [3.63, 3.8) is 0 Å². The van der Waals surface area contributed by atoms with Gasteiger partial charge in [0.1, 0.15) is 5.58 Å². The highest BCUT2D eigenvalue weighted by molar-refractivity contribution is 6.31. The number of carbonyl (C=O) groups is 1. The van der Waals surface area contributed by atoms with E-state index < -0.39 is 6.10 Å². The van der Waals surface area contributed by atoms with Crippen molar-refractivity contribution >= 4 is 28.5 Å². The number of aliphatic hydroxyl groups excluding tert-OH is 1. The molecule has 1 atom stereocenters. The lowest BCUT2D eigenvalue weighted by Crippen LogP contribution is -2.30. The van der Waals surface area contributed by atoms with Gasteiger partial charge in [-0.2, -0.15) is 0 Å². The van der Waals surface area contributed by atoms with Gasteiger partial charge in [-0.3, -0.25) is 4.79 Å². The summed E-state index contributed by atoms with van der Waals surface area (Å²) in [6.45, 7) is 3.60. The molecule has 2 aromatic rings. The number of fused-ring (bicyclic) bond motifs is 1. The second kappa shape index (κ2) is 5.00. The number of aryl methyl sites for hydroxylation is 1. The molecule has 1 aromatic heterocycles. The van der Waals surface area contributed by atoms with Crippen LogP contribution in [0.2, 0.25) is 5.02 Å². The van der Waals surface area contributed by atoms with Crippen LogP contribution in [0.25, 0.3) is 11.0 Å². The van der Waals surface area contributed by atoms with Gasteiger partial charge in [-0.1, -0.05) is 11.6 Å². The van der Waals surface area contributed by atoms with Gasteiger partial charge in [0.15, 0.2) is 5.76 Å². The van der Waals surface area contributed by atoms with Gasteiger partial charge in [-0.25, -0.2) is 0 Å². The van der Waals surface area contributed by atoms with Gasteiger partial charge in [0.25, 0.3) is 5.91 Å². The second-order valence-electron chi connectivity index (χ2n) is 4.26. The summed E-state index contributed by atoms with van der Waals surface area (Å²) < 4.78 is 5.50. The van der Waals surface area contributed by atoms with Crippen LogP contribution in [-0.4, -0.2) is 23.7 Å². The summed E-state index contributed by atoms with van der Waals surface area (Å²) in [6, 6.07) is 5.21. The van der Waals surface area contributed by atoms with Gasteiger partial charge in [0.2, 0.25) is 0 Å². The number of rotatable bonds is 3. The molecule has 96 valence electrons. The lowest BCUT2D eigenvalue weighted by Gasteiger charge is -2.05. The van der Waals surface area contributed by atoms with Crippen molar-refractivity contribution in [3.8, 4) is 0 Å². The first-order chi connectivity index (χ1) is 8.49. The van der Waals surface area contributed by atoms with Crippen molar-refractivity contribution in [2.45, 2.75) is 20.0 Å². The molecular formula is C13H14ClNO3. The molecule has 0 spiro atoms. The van der Waals surface area contributed by atoms with E-state index in [0.717, 1.165) is 10.9 Å². The Morgan fingerprint density at radius 2 is 2.28 bits per heavy atom. The lowest BCUT2D eigenvalue weighted by atomic mass is 10.1. The van der Waals surface area contributed by atoms with Crippen LogP contribution in [0.4, 0.5) is 0 Å². The summed E-state index contributed by atoms with van der Waals surface area (Å²) >= 11 is 5.91. The number of carbonyl (C=O) groups excluding carboxylic acids is 1. The van der Waals surface area contributed by atoms with Crippen LogP contribution in [0.5, 0.6) is 0 Å². The highest BCUT2D eigenvalue weighted by Crippen LogP contribution is 2.27. The van der Waals surface area contributed by atoms with E-state index >= 15 is 0 Å². The van der Waals surface area contributed by atoms with Gasteiger partial charge in [-0.15, -0.1) is 0 Å². The molecule has 0 saturated heterocycles. The summed E-state index contributed by atoms with van der Waals surface area (Å²) in [6.07, 6.45) is -0.590. The largest absolute Gasteiger partial charge is 0.451 e. The summed E-state index contributed by atoms with van der Waals surface area (Å²) in [5, 5.41) is 13.2. The Morgan fingerprint density at radius 3 is 2.94 bits per heavy atom. The van der Waals surface area contributed by atoms with E-state index in [1.165, 1.54) is 0 Å². The third kappa shape index (κ3) is 2.49. The predicted molar refractivity (Wildman–Crippen MR) is 70.0 cm³/mol. The molecule has 1 heterocycles. The first-order valence-corrected chi connectivity index (χ1v) is 6.01. The Morgan fingerprint density at radius 1 is 1.56 bits per heavy atom. The summed E-state index contributed by atoms with van der Waals surface area (Å²) in [5.41, 5.74) is 1.37. The summed E-state index contributed by atoms with van der Waals surface area (Å²) in [7, 11) is 0. The zero-order valence-electron chi connectivity index (χ0n) is 10.2. The van der Waals surface area contributed by atoms with Crippen molar-refractivity contribution < 1.29 is 14.3 Å². The van der Waals surface area contributed by atoms with Crippen LogP contribution in [0.3, 0.4) is 0 Å². The minimum atomic E-state index is -0.590. The summed E-state index contributed by atoms with van der Waals surface area (Å²) in [4.78, 5) is 11.9. The van der Waals surface area contributed by atoms with Crippen molar-refractivity contribution in [1.82, 2.24) is 5.32 Å².